The molecular formula is C20H19ClN2O3. The molecule has 0 radical (unpaired) electrons. The Morgan fingerprint density at radius 3 is 2.69 bits per heavy atom. The van der Waals surface area contributed by atoms with E-state index < -0.39 is 12.2 Å². The highest BCUT2D eigenvalue weighted by Crippen LogP contribution is 2.54. The van der Waals surface area contributed by atoms with Crippen molar-refractivity contribution in [1.29, 1.82) is 0 Å². The molecule has 134 valence electrons. The summed E-state index contributed by atoms with van der Waals surface area (Å²) in [5.74, 6) is 0.390. The van der Waals surface area contributed by atoms with Gasteiger partial charge in [-0.05, 0) is 41.5 Å². The van der Waals surface area contributed by atoms with Gasteiger partial charge in [0.05, 0.1) is 12.6 Å². The summed E-state index contributed by atoms with van der Waals surface area (Å²) in [5, 5.41) is 6.21. The van der Waals surface area contributed by atoms with E-state index in [-0.39, 0.29) is 24.4 Å². The normalized spacial score (nSPS) is 25.1. The van der Waals surface area contributed by atoms with Crippen LogP contribution >= 0.6 is 11.6 Å². The van der Waals surface area contributed by atoms with Crippen LogP contribution in [0.2, 0.25) is 5.02 Å². The second-order valence-electron chi connectivity index (χ2n) is 6.73. The summed E-state index contributed by atoms with van der Waals surface area (Å²) in [4.78, 5) is 23.8. The van der Waals surface area contributed by atoms with E-state index in [0.717, 1.165) is 12.0 Å². The molecule has 0 spiro atoms. The number of cyclic esters (lactones) is 1. The Morgan fingerprint density at radius 2 is 2.00 bits per heavy atom. The molecule has 0 unspecified atom stereocenters. The van der Waals surface area contributed by atoms with Crippen molar-refractivity contribution in [3.63, 3.8) is 0 Å². The Balaban J connectivity index is 1.55. The highest BCUT2D eigenvalue weighted by Gasteiger charge is 2.46. The zero-order valence-electron chi connectivity index (χ0n) is 14.0. The molecule has 2 aromatic rings. The second-order valence-corrected chi connectivity index (χ2v) is 7.17. The molecule has 5 nitrogen and oxygen atoms in total. The van der Waals surface area contributed by atoms with Crippen molar-refractivity contribution in [2.24, 2.45) is 5.92 Å². The van der Waals surface area contributed by atoms with Gasteiger partial charge in [0, 0.05) is 5.02 Å². The number of ether oxygens (including phenoxy) is 1. The van der Waals surface area contributed by atoms with E-state index in [0.29, 0.717) is 10.9 Å². The van der Waals surface area contributed by atoms with Gasteiger partial charge in [-0.2, -0.15) is 0 Å². The first-order chi connectivity index (χ1) is 12.6. The second kappa shape index (κ2) is 7.00. The SMILES string of the molecule is O=C1NC[C@@H](C(=O)N[C@H](c2cccc(Cl)c2)[C@@H]2C[C@@H]2c2ccccc2)O1. The highest BCUT2D eigenvalue weighted by atomic mass is 35.5. The van der Waals surface area contributed by atoms with Crippen LogP contribution in [-0.4, -0.2) is 24.6 Å². The lowest BCUT2D eigenvalue weighted by Crippen LogP contribution is -2.40. The zero-order chi connectivity index (χ0) is 18.1. The third-order valence-corrected chi connectivity index (χ3v) is 5.21. The van der Waals surface area contributed by atoms with Gasteiger partial charge in [0.15, 0.2) is 6.10 Å². The summed E-state index contributed by atoms with van der Waals surface area (Å²) in [6, 6.07) is 17.7. The monoisotopic (exact) mass is 370 g/mol. The van der Waals surface area contributed by atoms with Gasteiger partial charge in [-0.25, -0.2) is 4.79 Å². The molecule has 6 heteroatoms. The Labute approximate surface area is 156 Å². The lowest BCUT2D eigenvalue weighted by atomic mass is 9.98. The summed E-state index contributed by atoms with van der Waals surface area (Å²) < 4.78 is 5.01. The number of carbonyl (C=O) groups is 2. The number of amides is 2. The predicted octanol–water partition coefficient (Wildman–Crippen LogP) is 3.41. The molecule has 0 bridgehead atoms. The summed E-state index contributed by atoms with van der Waals surface area (Å²) in [5.41, 5.74) is 2.24. The van der Waals surface area contributed by atoms with Crippen molar-refractivity contribution >= 4 is 23.6 Å². The van der Waals surface area contributed by atoms with E-state index in [2.05, 4.69) is 22.8 Å². The number of nitrogens with one attached hydrogen (secondary N) is 2. The molecule has 1 aliphatic heterocycles. The molecule has 1 aliphatic carbocycles. The van der Waals surface area contributed by atoms with E-state index >= 15 is 0 Å². The molecule has 1 saturated heterocycles. The van der Waals surface area contributed by atoms with E-state index in [4.69, 9.17) is 16.3 Å². The summed E-state index contributed by atoms with van der Waals surface area (Å²) in [6.07, 6.45) is -0.361. The zero-order valence-corrected chi connectivity index (χ0v) is 14.8. The van der Waals surface area contributed by atoms with Crippen molar-refractivity contribution in [1.82, 2.24) is 10.6 Å². The third-order valence-electron chi connectivity index (χ3n) is 4.97. The predicted molar refractivity (Wildman–Crippen MR) is 97.9 cm³/mol. The lowest BCUT2D eigenvalue weighted by Gasteiger charge is -2.21. The molecule has 0 aromatic heterocycles. The van der Waals surface area contributed by atoms with Crippen LogP contribution in [0.25, 0.3) is 0 Å². The van der Waals surface area contributed by atoms with Crippen LogP contribution in [-0.2, 0) is 9.53 Å². The van der Waals surface area contributed by atoms with Crippen LogP contribution in [0.4, 0.5) is 4.79 Å². The number of halogens is 1. The van der Waals surface area contributed by atoms with Crippen LogP contribution in [0.15, 0.2) is 54.6 Å². The number of benzene rings is 2. The van der Waals surface area contributed by atoms with Gasteiger partial charge < -0.3 is 15.4 Å². The summed E-state index contributed by atoms with van der Waals surface area (Å²) in [7, 11) is 0. The molecule has 2 aromatic carbocycles. The largest absolute Gasteiger partial charge is 0.434 e. The first kappa shape index (κ1) is 16.9. The topological polar surface area (TPSA) is 67.4 Å². The van der Waals surface area contributed by atoms with E-state index in [1.165, 1.54) is 5.56 Å². The minimum absolute atomic E-state index is 0.175. The first-order valence-corrected chi connectivity index (χ1v) is 9.05. The summed E-state index contributed by atoms with van der Waals surface area (Å²) in [6.45, 7) is 0.194. The fraction of sp³-hybridized carbons (Fsp3) is 0.300. The van der Waals surface area contributed by atoms with Crippen LogP contribution in [0.1, 0.15) is 29.5 Å². The van der Waals surface area contributed by atoms with Gasteiger partial charge >= 0.3 is 6.09 Å². The Kier molecular flexibility index (Phi) is 4.55. The van der Waals surface area contributed by atoms with Crippen molar-refractivity contribution in [3.8, 4) is 0 Å². The quantitative estimate of drug-likeness (QED) is 0.847. The molecule has 1 heterocycles. The van der Waals surface area contributed by atoms with Crippen molar-refractivity contribution in [2.45, 2.75) is 24.5 Å². The minimum Gasteiger partial charge on any atom is -0.434 e. The van der Waals surface area contributed by atoms with Gasteiger partial charge in [0.25, 0.3) is 5.91 Å². The van der Waals surface area contributed by atoms with Gasteiger partial charge in [0.1, 0.15) is 0 Å². The Morgan fingerprint density at radius 1 is 1.19 bits per heavy atom. The molecule has 2 amide bonds. The molecule has 2 aliphatic rings. The first-order valence-electron chi connectivity index (χ1n) is 8.67. The standard InChI is InChI=1S/C20H19ClN2O3/c21-14-8-4-7-13(9-14)18(23-19(24)17-11-22-20(25)26-17)16-10-15(16)12-5-2-1-3-6-12/h1-9,15-18H,10-11H2,(H,22,25)(H,23,24)/t15-,16-,17+,18-/m1/s1. The number of hydrogen-bond acceptors (Lipinski definition) is 3. The molecule has 1 saturated carbocycles. The maximum atomic E-state index is 12.6. The number of carbonyl (C=O) groups excluding carboxylic acids is 2. The van der Waals surface area contributed by atoms with Crippen LogP contribution in [0.3, 0.4) is 0 Å². The average molecular weight is 371 g/mol. The lowest BCUT2D eigenvalue weighted by molar-refractivity contribution is -0.128. The van der Waals surface area contributed by atoms with Crippen LogP contribution in [0, 0.1) is 5.92 Å². The molecular weight excluding hydrogens is 352 g/mol. The van der Waals surface area contributed by atoms with Gasteiger partial charge in [-0.1, -0.05) is 54.1 Å². The fourth-order valence-corrected chi connectivity index (χ4v) is 3.78. The average Bonchev–Trinajstić information content (AvgIpc) is 3.32. The molecule has 2 N–H and O–H groups in total. The maximum absolute atomic E-state index is 12.6. The molecule has 4 atom stereocenters. The maximum Gasteiger partial charge on any atom is 0.408 e. The molecule has 4 rings (SSSR count). The highest BCUT2D eigenvalue weighted by molar-refractivity contribution is 6.30. The minimum atomic E-state index is -0.793. The number of rotatable bonds is 5. The third kappa shape index (κ3) is 3.53. The van der Waals surface area contributed by atoms with E-state index in [1.807, 2.05) is 42.5 Å². The van der Waals surface area contributed by atoms with Crippen molar-refractivity contribution in [3.05, 3.63) is 70.7 Å². The van der Waals surface area contributed by atoms with Crippen molar-refractivity contribution in [2.75, 3.05) is 6.54 Å². The number of alkyl carbamates (subject to hydrolysis) is 1. The van der Waals surface area contributed by atoms with Gasteiger partial charge in [0.2, 0.25) is 0 Å². The molecule has 2 fully saturated rings. The van der Waals surface area contributed by atoms with Gasteiger partial charge in [-0.3, -0.25) is 4.79 Å². The fourth-order valence-electron chi connectivity index (χ4n) is 3.59. The smallest absolute Gasteiger partial charge is 0.408 e. The Hall–Kier alpha value is -2.53. The van der Waals surface area contributed by atoms with Gasteiger partial charge in [-0.15, -0.1) is 0 Å². The van der Waals surface area contributed by atoms with E-state index in [9.17, 15) is 9.59 Å². The van der Waals surface area contributed by atoms with Crippen LogP contribution in [0.5, 0.6) is 0 Å². The van der Waals surface area contributed by atoms with E-state index in [1.54, 1.807) is 0 Å². The van der Waals surface area contributed by atoms with Crippen LogP contribution < -0.4 is 10.6 Å². The van der Waals surface area contributed by atoms with Crippen molar-refractivity contribution < 1.29 is 14.3 Å². The number of hydrogen-bond donors (Lipinski definition) is 2. The molecule has 26 heavy (non-hydrogen) atoms. The Bertz CT molecular complexity index is 827. The summed E-state index contributed by atoms with van der Waals surface area (Å²) >= 11 is 6.16.